The van der Waals surface area contributed by atoms with Crippen LogP contribution in [0.3, 0.4) is 0 Å². The minimum atomic E-state index is -0.254. The second-order valence-corrected chi connectivity index (χ2v) is 6.24. The molecule has 1 atom stereocenters. The van der Waals surface area contributed by atoms with E-state index < -0.39 is 0 Å². The molecule has 2 N–H and O–H groups in total. The molecule has 1 aromatic carbocycles. The smallest absolute Gasteiger partial charge is 0.244 e. The summed E-state index contributed by atoms with van der Waals surface area (Å²) in [4.78, 5) is 26.9. The van der Waals surface area contributed by atoms with Crippen molar-refractivity contribution < 1.29 is 9.53 Å². The molecule has 1 aliphatic rings. The van der Waals surface area contributed by atoms with Crippen LogP contribution < -0.4 is 5.32 Å². The normalized spacial score (nSPS) is 18.1. The molecule has 1 saturated heterocycles. The number of anilines is 1. The molecule has 134 valence electrons. The van der Waals surface area contributed by atoms with Crippen LogP contribution in [0.2, 0.25) is 0 Å². The zero-order valence-corrected chi connectivity index (χ0v) is 14.6. The number of carbonyl (C=O) groups is 1. The molecule has 7 heteroatoms. The zero-order chi connectivity index (χ0) is 17.9. The Kier molecular flexibility index (Phi) is 4.64. The van der Waals surface area contributed by atoms with Gasteiger partial charge in [0.15, 0.2) is 5.82 Å². The van der Waals surface area contributed by atoms with E-state index in [0.717, 1.165) is 35.5 Å². The molecule has 0 radical (unpaired) electrons. The molecule has 1 aliphatic heterocycles. The highest BCUT2D eigenvalue weighted by Crippen LogP contribution is 2.22. The maximum absolute atomic E-state index is 12.6. The van der Waals surface area contributed by atoms with Gasteiger partial charge < -0.3 is 15.0 Å². The molecule has 1 amide bonds. The van der Waals surface area contributed by atoms with E-state index in [9.17, 15) is 4.79 Å². The highest BCUT2D eigenvalue weighted by Gasteiger charge is 2.28. The summed E-state index contributed by atoms with van der Waals surface area (Å²) in [5.41, 5.74) is 3.21. The first-order valence-corrected chi connectivity index (χ1v) is 8.78. The van der Waals surface area contributed by atoms with Crippen molar-refractivity contribution in [2.45, 2.75) is 13.0 Å². The van der Waals surface area contributed by atoms with Gasteiger partial charge in [-0.05, 0) is 36.9 Å². The molecule has 0 spiro atoms. The molecule has 0 saturated carbocycles. The van der Waals surface area contributed by atoms with Gasteiger partial charge in [0.1, 0.15) is 11.7 Å². The van der Waals surface area contributed by atoms with Crippen LogP contribution in [0.25, 0.3) is 22.6 Å². The third-order valence-corrected chi connectivity index (χ3v) is 4.61. The fraction of sp³-hybridized carbons (Fsp3) is 0.316. The van der Waals surface area contributed by atoms with Crippen molar-refractivity contribution in [3.8, 4) is 11.5 Å². The SMILES string of the molecule is CCN1CCOCC1C(=O)Nc1ccc2nc(-c3ccccn3)[nH]c2c1. The number of imidazole rings is 1. The van der Waals surface area contributed by atoms with E-state index >= 15 is 0 Å². The number of fused-ring (bicyclic) bond motifs is 1. The summed E-state index contributed by atoms with van der Waals surface area (Å²) in [5, 5.41) is 2.99. The number of aromatic amines is 1. The summed E-state index contributed by atoms with van der Waals surface area (Å²) >= 11 is 0. The molecule has 0 aliphatic carbocycles. The molecule has 3 aromatic rings. The number of ether oxygens (including phenoxy) is 1. The average Bonchev–Trinajstić information content (AvgIpc) is 3.12. The third kappa shape index (κ3) is 3.31. The summed E-state index contributed by atoms with van der Waals surface area (Å²) < 4.78 is 5.47. The minimum Gasteiger partial charge on any atom is -0.378 e. The van der Waals surface area contributed by atoms with Gasteiger partial charge in [-0.2, -0.15) is 0 Å². The number of benzene rings is 1. The van der Waals surface area contributed by atoms with Gasteiger partial charge in [0.25, 0.3) is 0 Å². The first kappa shape index (κ1) is 16.7. The van der Waals surface area contributed by atoms with Gasteiger partial charge in [-0.3, -0.25) is 14.7 Å². The van der Waals surface area contributed by atoms with Crippen molar-refractivity contribution in [3.63, 3.8) is 0 Å². The molecular weight excluding hydrogens is 330 g/mol. The van der Waals surface area contributed by atoms with E-state index in [-0.39, 0.29) is 11.9 Å². The number of hydrogen-bond acceptors (Lipinski definition) is 5. The summed E-state index contributed by atoms with van der Waals surface area (Å²) in [7, 11) is 0. The highest BCUT2D eigenvalue weighted by molar-refractivity contribution is 5.96. The minimum absolute atomic E-state index is 0.0460. The van der Waals surface area contributed by atoms with Gasteiger partial charge >= 0.3 is 0 Å². The van der Waals surface area contributed by atoms with E-state index in [2.05, 4.69) is 32.1 Å². The molecule has 1 fully saturated rings. The number of rotatable bonds is 4. The first-order chi connectivity index (χ1) is 12.7. The standard InChI is InChI=1S/C19H21N5O2/c1-2-24-9-10-26-12-17(24)19(25)21-13-6-7-14-16(11-13)23-18(22-14)15-5-3-4-8-20-15/h3-8,11,17H,2,9-10,12H2,1H3,(H,21,25)(H,22,23). The molecular formula is C19H21N5O2. The van der Waals surface area contributed by atoms with Crippen LogP contribution in [0.4, 0.5) is 5.69 Å². The predicted octanol–water partition coefficient (Wildman–Crippen LogP) is 2.28. The lowest BCUT2D eigenvalue weighted by Crippen LogP contribution is -2.51. The first-order valence-electron chi connectivity index (χ1n) is 8.78. The Morgan fingerprint density at radius 1 is 1.38 bits per heavy atom. The summed E-state index contributed by atoms with van der Waals surface area (Å²) in [6.07, 6.45) is 1.74. The van der Waals surface area contributed by atoms with Crippen LogP contribution >= 0.6 is 0 Å². The fourth-order valence-electron chi connectivity index (χ4n) is 3.20. The number of nitrogens with zero attached hydrogens (tertiary/aromatic N) is 3. The van der Waals surface area contributed by atoms with Gasteiger partial charge in [-0.1, -0.05) is 13.0 Å². The van der Waals surface area contributed by atoms with E-state index in [1.807, 2.05) is 36.4 Å². The van der Waals surface area contributed by atoms with Crippen molar-refractivity contribution in [3.05, 3.63) is 42.6 Å². The summed E-state index contributed by atoms with van der Waals surface area (Å²) in [5.74, 6) is 0.664. The lowest BCUT2D eigenvalue weighted by Gasteiger charge is -2.33. The topological polar surface area (TPSA) is 83.1 Å². The molecule has 2 aromatic heterocycles. The van der Waals surface area contributed by atoms with Gasteiger partial charge in [0, 0.05) is 18.4 Å². The fourth-order valence-corrected chi connectivity index (χ4v) is 3.20. The van der Waals surface area contributed by atoms with Crippen molar-refractivity contribution >= 4 is 22.6 Å². The quantitative estimate of drug-likeness (QED) is 0.753. The Labute approximate surface area is 151 Å². The summed E-state index contributed by atoms with van der Waals surface area (Å²) in [6.45, 7) is 4.77. The monoisotopic (exact) mass is 351 g/mol. The predicted molar refractivity (Wildman–Crippen MR) is 99.8 cm³/mol. The molecule has 7 nitrogen and oxygen atoms in total. The number of aromatic nitrogens is 3. The Hall–Kier alpha value is -2.77. The molecule has 3 heterocycles. The molecule has 0 bridgehead atoms. The molecule has 1 unspecified atom stereocenters. The van der Waals surface area contributed by atoms with Crippen LogP contribution in [-0.2, 0) is 9.53 Å². The van der Waals surface area contributed by atoms with Gasteiger partial charge in [0.05, 0.1) is 24.2 Å². The summed E-state index contributed by atoms with van der Waals surface area (Å²) in [6, 6.07) is 11.1. The van der Waals surface area contributed by atoms with Gasteiger partial charge in [-0.25, -0.2) is 4.98 Å². The number of pyridine rings is 1. The number of morpholine rings is 1. The number of nitrogens with one attached hydrogen (secondary N) is 2. The Bertz CT molecular complexity index is 909. The van der Waals surface area contributed by atoms with Crippen LogP contribution in [0, 0.1) is 0 Å². The number of carbonyl (C=O) groups excluding carboxylic acids is 1. The van der Waals surface area contributed by atoms with Crippen molar-refractivity contribution in [2.24, 2.45) is 0 Å². The van der Waals surface area contributed by atoms with Gasteiger partial charge in [0.2, 0.25) is 5.91 Å². The maximum atomic E-state index is 12.6. The third-order valence-electron chi connectivity index (χ3n) is 4.61. The van der Waals surface area contributed by atoms with Crippen LogP contribution in [0.15, 0.2) is 42.6 Å². The zero-order valence-electron chi connectivity index (χ0n) is 14.6. The lowest BCUT2D eigenvalue weighted by atomic mass is 10.2. The van der Waals surface area contributed by atoms with Crippen molar-refractivity contribution in [1.29, 1.82) is 0 Å². The van der Waals surface area contributed by atoms with E-state index in [1.54, 1.807) is 6.20 Å². The maximum Gasteiger partial charge on any atom is 0.244 e. The second kappa shape index (κ2) is 7.23. The average molecular weight is 351 g/mol. The van der Waals surface area contributed by atoms with Crippen LogP contribution in [0.5, 0.6) is 0 Å². The highest BCUT2D eigenvalue weighted by atomic mass is 16.5. The van der Waals surface area contributed by atoms with Crippen LogP contribution in [-0.4, -0.2) is 58.1 Å². The largest absolute Gasteiger partial charge is 0.378 e. The van der Waals surface area contributed by atoms with Gasteiger partial charge in [-0.15, -0.1) is 0 Å². The van der Waals surface area contributed by atoms with E-state index in [4.69, 9.17) is 4.74 Å². The lowest BCUT2D eigenvalue weighted by molar-refractivity contribution is -0.127. The van der Waals surface area contributed by atoms with Crippen molar-refractivity contribution in [2.75, 3.05) is 31.6 Å². The molecule has 26 heavy (non-hydrogen) atoms. The van der Waals surface area contributed by atoms with E-state index in [0.29, 0.717) is 19.0 Å². The number of amides is 1. The van der Waals surface area contributed by atoms with Crippen LogP contribution in [0.1, 0.15) is 6.92 Å². The van der Waals surface area contributed by atoms with Crippen molar-refractivity contribution in [1.82, 2.24) is 19.9 Å². The number of H-pyrrole nitrogens is 1. The van der Waals surface area contributed by atoms with E-state index in [1.165, 1.54) is 0 Å². The Morgan fingerprint density at radius 3 is 3.12 bits per heavy atom. The second-order valence-electron chi connectivity index (χ2n) is 6.24. The number of hydrogen-bond donors (Lipinski definition) is 2. The Balaban J connectivity index is 1.54. The molecule has 4 rings (SSSR count). The number of likely N-dealkylation sites (N-methyl/N-ethyl adjacent to an activating group) is 1. The Morgan fingerprint density at radius 2 is 2.31 bits per heavy atom.